The van der Waals surface area contributed by atoms with Crippen LogP contribution in [0.25, 0.3) is 0 Å². The predicted molar refractivity (Wildman–Crippen MR) is 72.8 cm³/mol. The zero-order chi connectivity index (χ0) is 13.7. The first-order valence-electron chi connectivity index (χ1n) is 6.29. The highest BCUT2D eigenvalue weighted by Gasteiger charge is 2.20. The van der Waals surface area contributed by atoms with Gasteiger partial charge in [0.25, 0.3) is 0 Å². The lowest BCUT2D eigenvalue weighted by molar-refractivity contribution is 0.428. The van der Waals surface area contributed by atoms with Crippen molar-refractivity contribution in [2.45, 2.75) is 24.6 Å². The van der Waals surface area contributed by atoms with Crippen molar-refractivity contribution in [1.29, 1.82) is 5.26 Å². The van der Waals surface area contributed by atoms with Crippen LogP contribution in [0.15, 0.2) is 24.3 Å². The molecule has 0 radical (unpaired) electrons. The molecule has 1 aliphatic rings. The molecule has 6 heteroatoms. The molecule has 0 amide bonds. The number of hydrogen-bond acceptors (Lipinski definition) is 4. The molecule has 1 aromatic rings. The maximum Gasteiger partial charge on any atom is 0.216 e. The standard InChI is InChI=1S/C13H17N3O2S/c14-8-11-3-1-4-12(7-11)10-19(17,18)16-13-5-2-6-15-9-13/h1,3-4,7,13,15-16H,2,5-6,9-10H2. The molecule has 0 bridgehead atoms. The average Bonchev–Trinajstić information content (AvgIpc) is 2.39. The Balaban J connectivity index is 2.01. The topological polar surface area (TPSA) is 82.0 Å². The van der Waals surface area contributed by atoms with Gasteiger partial charge >= 0.3 is 0 Å². The fourth-order valence-electron chi connectivity index (χ4n) is 2.20. The number of piperidine rings is 1. The van der Waals surface area contributed by atoms with Gasteiger partial charge in [-0.1, -0.05) is 12.1 Å². The van der Waals surface area contributed by atoms with E-state index in [2.05, 4.69) is 10.0 Å². The van der Waals surface area contributed by atoms with E-state index in [4.69, 9.17) is 5.26 Å². The van der Waals surface area contributed by atoms with Crippen molar-refractivity contribution < 1.29 is 8.42 Å². The molecule has 0 aliphatic carbocycles. The van der Waals surface area contributed by atoms with E-state index in [0.29, 0.717) is 17.7 Å². The number of nitriles is 1. The molecule has 102 valence electrons. The van der Waals surface area contributed by atoms with Crippen LogP contribution in [0.5, 0.6) is 0 Å². The average molecular weight is 279 g/mol. The van der Waals surface area contributed by atoms with Gasteiger partial charge in [-0.15, -0.1) is 0 Å². The SMILES string of the molecule is N#Cc1cccc(CS(=O)(=O)NC2CCCNC2)c1. The van der Waals surface area contributed by atoms with Gasteiger partial charge in [-0.3, -0.25) is 0 Å². The molecule has 0 aromatic heterocycles. The third-order valence-electron chi connectivity index (χ3n) is 3.06. The molecule has 2 N–H and O–H groups in total. The Bertz CT molecular complexity index is 572. The summed E-state index contributed by atoms with van der Waals surface area (Å²) in [6.07, 6.45) is 1.85. The predicted octanol–water partition coefficient (Wildman–Crippen LogP) is 0.730. The molecule has 0 spiro atoms. The van der Waals surface area contributed by atoms with Gasteiger partial charge in [0.15, 0.2) is 0 Å². The van der Waals surface area contributed by atoms with Crippen LogP contribution in [-0.2, 0) is 15.8 Å². The van der Waals surface area contributed by atoms with Crippen molar-refractivity contribution in [1.82, 2.24) is 10.0 Å². The van der Waals surface area contributed by atoms with Gasteiger partial charge < -0.3 is 5.32 Å². The lowest BCUT2D eigenvalue weighted by atomic mass is 10.1. The second-order valence-corrected chi connectivity index (χ2v) is 6.49. The summed E-state index contributed by atoms with van der Waals surface area (Å²) in [6, 6.07) is 8.67. The van der Waals surface area contributed by atoms with Crippen molar-refractivity contribution >= 4 is 10.0 Å². The van der Waals surface area contributed by atoms with E-state index in [1.165, 1.54) is 0 Å². The highest BCUT2D eigenvalue weighted by Crippen LogP contribution is 2.10. The van der Waals surface area contributed by atoms with Crippen LogP contribution in [0.1, 0.15) is 24.0 Å². The molecular formula is C13H17N3O2S. The lowest BCUT2D eigenvalue weighted by Gasteiger charge is -2.23. The minimum absolute atomic E-state index is 0.0297. The van der Waals surface area contributed by atoms with Gasteiger partial charge in [-0.25, -0.2) is 13.1 Å². The van der Waals surface area contributed by atoms with Crippen molar-refractivity contribution in [3.63, 3.8) is 0 Å². The molecule has 1 aromatic carbocycles. The molecule has 1 heterocycles. The molecule has 2 rings (SSSR count). The third-order valence-corrected chi connectivity index (χ3v) is 4.46. The van der Waals surface area contributed by atoms with Gasteiger partial charge in [-0.05, 0) is 37.1 Å². The van der Waals surface area contributed by atoms with Crippen LogP contribution >= 0.6 is 0 Å². The molecule has 1 unspecified atom stereocenters. The second-order valence-electron chi connectivity index (χ2n) is 4.73. The highest BCUT2D eigenvalue weighted by molar-refractivity contribution is 7.88. The van der Waals surface area contributed by atoms with Gasteiger partial charge in [0.05, 0.1) is 17.4 Å². The van der Waals surface area contributed by atoms with E-state index in [0.717, 1.165) is 19.4 Å². The smallest absolute Gasteiger partial charge is 0.216 e. The van der Waals surface area contributed by atoms with Crippen molar-refractivity contribution in [3.8, 4) is 6.07 Å². The van der Waals surface area contributed by atoms with Gasteiger partial charge in [0.2, 0.25) is 10.0 Å². The Labute approximate surface area is 113 Å². The molecule has 1 atom stereocenters. The number of rotatable bonds is 4. The first kappa shape index (κ1) is 14.0. The largest absolute Gasteiger partial charge is 0.315 e. The Morgan fingerprint density at radius 2 is 2.32 bits per heavy atom. The quantitative estimate of drug-likeness (QED) is 0.851. The summed E-state index contributed by atoms with van der Waals surface area (Å²) in [5.74, 6) is -0.0843. The minimum atomic E-state index is -3.36. The lowest BCUT2D eigenvalue weighted by Crippen LogP contribution is -2.45. The number of nitrogens with one attached hydrogen (secondary N) is 2. The molecule has 0 saturated carbocycles. The number of nitrogens with zero attached hydrogens (tertiary/aromatic N) is 1. The molecule has 1 saturated heterocycles. The maximum atomic E-state index is 12.0. The Hall–Kier alpha value is -1.42. The van der Waals surface area contributed by atoms with Gasteiger partial charge in [-0.2, -0.15) is 5.26 Å². The number of hydrogen-bond donors (Lipinski definition) is 2. The summed E-state index contributed by atoms with van der Waals surface area (Å²) in [5.41, 5.74) is 1.11. The van der Waals surface area contributed by atoms with Crippen LogP contribution in [0.4, 0.5) is 0 Å². The molecule has 1 fully saturated rings. The Morgan fingerprint density at radius 1 is 1.47 bits per heavy atom. The third kappa shape index (κ3) is 4.31. The van der Waals surface area contributed by atoms with Crippen LogP contribution < -0.4 is 10.0 Å². The second kappa shape index (κ2) is 6.15. The summed E-state index contributed by atoms with van der Waals surface area (Å²) >= 11 is 0. The van der Waals surface area contributed by atoms with Crippen LogP contribution in [0, 0.1) is 11.3 Å². The monoisotopic (exact) mass is 279 g/mol. The summed E-state index contributed by atoms with van der Waals surface area (Å²) in [4.78, 5) is 0. The van der Waals surface area contributed by atoms with E-state index in [1.807, 2.05) is 6.07 Å². The molecule has 19 heavy (non-hydrogen) atoms. The van der Waals surface area contributed by atoms with Crippen molar-refractivity contribution in [2.75, 3.05) is 13.1 Å². The summed E-state index contributed by atoms with van der Waals surface area (Å²) < 4.78 is 26.8. The van der Waals surface area contributed by atoms with Gasteiger partial charge in [0.1, 0.15) is 0 Å². The molecule has 5 nitrogen and oxygen atoms in total. The van der Waals surface area contributed by atoms with Gasteiger partial charge in [0, 0.05) is 12.6 Å². The van der Waals surface area contributed by atoms with E-state index in [-0.39, 0.29) is 11.8 Å². The van der Waals surface area contributed by atoms with E-state index in [1.54, 1.807) is 24.3 Å². The molecule has 1 aliphatic heterocycles. The molecular weight excluding hydrogens is 262 g/mol. The Kier molecular flexibility index (Phi) is 4.53. The van der Waals surface area contributed by atoms with Crippen molar-refractivity contribution in [3.05, 3.63) is 35.4 Å². The maximum absolute atomic E-state index is 12.0. The zero-order valence-corrected chi connectivity index (χ0v) is 11.4. The van der Waals surface area contributed by atoms with Crippen LogP contribution in [-0.4, -0.2) is 27.5 Å². The number of sulfonamides is 1. The van der Waals surface area contributed by atoms with Crippen molar-refractivity contribution in [2.24, 2.45) is 0 Å². The first-order chi connectivity index (χ1) is 9.09. The zero-order valence-electron chi connectivity index (χ0n) is 10.6. The van der Waals surface area contributed by atoms with E-state index in [9.17, 15) is 8.42 Å². The Morgan fingerprint density at radius 3 is 3.00 bits per heavy atom. The van der Waals surface area contributed by atoms with E-state index >= 15 is 0 Å². The minimum Gasteiger partial charge on any atom is -0.315 e. The summed E-state index contributed by atoms with van der Waals surface area (Å²) in [5, 5.41) is 12.0. The normalized spacial score (nSPS) is 19.8. The summed E-state index contributed by atoms with van der Waals surface area (Å²) in [7, 11) is -3.36. The first-order valence-corrected chi connectivity index (χ1v) is 7.94. The van der Waals surface area contributed by atoms with Crippen LogP contribution in [0.3, 0.4) is 0 Å². The summed E-state index contributed by atoms with van der Waals surface area (Å²) in [6.45, 7) is 1.62. The fourth-order valence-corrected chi connectivity index (χ4v) is 3.61. The fraction of sp³-hybridized carbons (Fsp3) is 0.462. The van der Waals surface area contributed by atoms with Crippen LogP contribution in [0.2, 0.25) is 0 Å². The number of benzene rings is 1. The van der Waals surface area contributed by atoms with E-state index < -0.39 is 10.0 Å². The highest BCUT2D eigenvalue weighted by atomic mass is 32.2.